The van der Waals surface area contributed by atoms with Crippen LogP contribution in [0, 0.1) is 13.8 Å². The SMILES string of the molecule is Cc1nn(-c2nc(N)nc(-c3ccccn3)n2)c(C)c1CCCc1ccccc1. The highest BCUT2D eigenvalue weighted by Gasteiger charge is 2.16. The van der Waals surface area contributed by atoms with Crippen molar-refractivity contribution in [2.75, 3.05) is 5.73 Å². The van der Waals surface area contributed by atoms with E-state index in [1.165, 1.54) is 11.1 Å². The molecule has 1 aromatic carbocycles. The van der Waals surface area contributed by atoms with Crippen LogP contribution in [0.2, 0.25) is 0 Å². The number of benzene rings is 1. The Kier molecular flexibility index (Phi) is 5.29. The zero-order valence-corrected chi connectivity index (χ0v) is 16.6. The van der Waals surface area contributed by atoms with Gasteiger partial charge in [0.25, 0.3) is 5.95 Å². The van der Waals surface area contributed by atoms with Crippen LogP contribution in [-0.4, -0.2) is 29.7 Å². The summed E-state index contributed by atoms with van der Waals surface area (Å²) in [7, 11) is 0. The number of aryl methyl sites for hydroxylation is 2. The Morgan fingerprint density at radius 2 is 1.69 bits per heavy atom. The monoisotopic (exact) mass is 385 g/mol. The molecule has 0 aliphatic heterocycles. The second kappa shape index (κ2) is 8.18. The van der Waals surface area contributed by atoms with Gasteiger partial charge in [-0.3, -0.25) is 4.98 Å². The standard InChI is InChI=1S/C22H23N7/c1-15-18(12-8-11-17-9-4-3-5-10-17)16(2)29(28-15)22-26-20(25-21(23)27-22)19-13-6-7-14-24-19/h3-7,9-10,13-14H,8,11-12H2,1-2H3,(H2,23,25,26,27). The third-order valence-electron chi connectivity index (χ3n) is 4.90. The molecule has 146 valence electrons. The molecular weight excluding hydrogens is 362 g/mol. The molecule has 0 atom stereocenters. The topological polar surface area (TPSA) is 95.4 Å². The fraction of sp³-hybridized carbons (Fsp3) is 0.227. The molecule has 3 aromatic heterocycles. The van der Waals surface area contributed by atoms with Crippen molar-refractivity contribution in [3.63, 3.8) is 0 Å². The van der Waals surface area contributed by atoms with Crippen LogP contribution in [0.5, 0.6) is 0 Å². The maximum Gasteiger partial charge on any atom is 0.256 e. The van der Waals surface area contributed by atoms with Gasteiger partial charge in [0, 0.05) is 11.9 Å². The minimum Gasteiger partial charge on any atom is -0.368 e. The van der Waals surface area contributed by atoms with E-state index >= 15 is 0 Å². The highest BCUT2D eigenvalue weighted by molar-refractivity contribution is 5.51. The van der Waals surface area contributed by atoms with Crippen LogP contribution in [-0.2, 0) is 12.8 Å². The zero-order chi connectivity index (χ0) is 20.2. The summed E-state index contributed by atoms with van der Waals surface area (Å²) in [5.41, 5.74) is 11.2. The average molecular weight is 385 g/mol. The van der Waals surface area contributed by atoms with Gasteiger partial charge in [-0.1, -0.05) is 36.4 Å². The lowest BCUT2D eigenvalue weighted by molar-refractivity contribution is 0.764. The molecule has 2 N–H and O–H groups in total. The fourth-order valence-corrected chi connectivity index (χ4v) is 3.43. The van der Waals surface area contributed by atoms with Gasteiger partial charge >= 0.3 is 0 Å². The van der Waals surface area contributed by atoms with Crippen LogP contribution in [0.1, 0.15) is 28.9 Å². The van der Waals surface area contributed by atoms with Crippen LogP contribution in [0.4, 0.5) is 5.95 Å². The number of hydrogen-bond donors (Lipinski definition) is 1. The molecule has 0 saturated heterocycles. The summed E-state index contributed by atoms with van der Waals surface area (Å²) >= 11 is 0. The van der Waals surface area contributed by atoms with Crippen LogP contribution in [0.15, 0.2) is 54.7 Å². The number of pyridine rings is 1. The summed E-state index contributed by atoms with van der Waals surface area (Å²) in [5, 5.41) is 4.67. The summed E-state index contributed by atoms with van der Waals surface area (Å²) in [4.78, 5) is 17.4. The Balaban J connectivity index is 1.60. The van der Waals surface area contributed by atoms with Gasteiger partial charge in [-0.15, -0.1) is 0 Å². The molecule has 0 unspecified atom stereocenters. The first kappa shape index (κ1) is 18.7. The molecule has 7 nitrogen and oxygen atoms in total. The minimum atomic E-state index is 0.147. The van der Waals surface area contributed by atoms with E-state index in [1.807, 2.05) is 38.1 Å². The van der Waals surface area contributed by atoms with Crippen LogP contribution < -0.4 is 5.73 Å². The molecule has 4 aromatic rings. The van der Waals surface area contributed by atoms with Gasteiger partial charge in [-0.2, -0.15) is 20.1 Å². The van der Waals surface area contributed by atoms with Crippen molar-refractivity contribution < 1.29 is 0 Å². The number of rotatable bonds is 6. The van der Waals surface area contributed by atoms with Crippen LogP contribution in [0.3, 0.4) is 0 Å². The van der Waals surface area contributed by atoms with E-state index in [-0.39, 0.29) is 5.95 Å². The van der Waals surface area contributed by atoms with Gasteiger partial charge in [0.15, 0.2) is 5.82 Å². The molecule has 0 bridgehead atoms. The van der Waals surface area contributed by atoms with E-state index in [1.54, 1.807) is 10.9 Å². The number of anilines is 1. The lowest BCUT2D eigenvalue weighted by Gasteiger charge is -2.07. The van der Waals surface area contributed by atoms with Gasteiger partial charge in [-0.25, -0.2) is 4.68 Å². The molecule has 0 amide bonds. The molecular formula is C22H23N7. The molecule has 0 aliphatic rings. The van der Waals surface area contributed by atoms with E-state index in [2.05, 4.69) is 49.3 Å². The predicted octanol–water partition coefficient (Wildman–Crippen LogP) is 3.49. The molecule has 0 spiro atoms. The highest BCUT2D eigenvalue weighted by Crippen LogP contribution is 2.20. The second-order valence-electron chi connectivity index (χ2n) is 6.93. The van der Waals surface area contributed by atoms with Gasteiger partial charge in [0.05, 0.1) is 5.69 Å². The quantitative estimate of drug-likeness (QED) is 0.546. The molecule has 0 fully saturated rings. The van der Waals surface area contributed by atoms with Crippen molar-refractivity contribution in [3.05, 3.63) is 77.2 Å². The Morgan fingerprint density at radius 3 is 2.45 bits per heavy atom. The van der Waals surface area contributed by atoms with Gasteiger partial charge < -0.3 is 5.73 Å². The number of aromatic nitrogens is 6. The summed E-state index contributed by atoms with van der Waals surface area (Å²) in [5.74, 6) is 0.994. The van der Waals surface area contributed by atoms with Crippen LogP contribution in [0.25, 0.3) is 17.5 Å². The van der Waals surface area contributed by atoms with Crippen molar-refractivity contribution >= 4 is 5.95 Å². The molecule has 0 radical (unpaired) electrons. The van der Waals surface area contributed by atoms with Crippen molar-refractivity contribution in [1.82, 2.24) is 29.7 Å². The molecule has 0 saturated carbocycles. The summed E-state index contributed by atoms with van der Waals surface area (Å²) < 4.78 is 1.75. The normalized spacial score (nSPS) is 11.0. The fourth-order valence-electron chi connectivity index (χ4n) is 3.43. The van der Waals surface area contributed by atoms with E-state index in [0.29, 0.717) is 17.5 Å². The largest absolute Gasteiger partial charge is 0.368 e. The first-order valence-corrected chi connectivity index (χ1v) is 9.64. The predicted molar refractivity (Wildman–Crippen MR) is 113 cm³/mol. The maximum absolute atomic E-state index is 5.94. The van der Waals surface area contributed by atoms with Crippen molar-refractivity contribution in [2.24, 2.45) is 0 Å². The number of nitrogen functional groups attached to an aromatic ring is 1. The third-order valence-corrected chi connectivity index (χ3v) is 4.90. The van der Waals surface area contributed by atoms with Crippen molar-refractivity contribution in [2.45, 2.75) is 33.1 Å². The van der Waals surface area contributed by atoms with Gasteiger partial charge in [0.1, 0.15) is 5.69 Å². The maximum atomic E-state index is 5.94. The Bertz CT molecular complexity index is 1100. The van der Waals surface area contributed by atoms with Crippen LogP contribution >= 0.6 is 0 Å². The summed E-state index contributed by atoms with van der Waals surface area (Å²) in [6.45, 7) is 4.06. The number of nitrogens with two attached hydrogens (primary N) is 1. The molecule has 0 aliphatic carbocycles. The number of nitrogens with zero attached hydrogens (tertiary/aromatic N) is 6. The smallest absolute Gasteiger partial charge is 0.256 e. The highest BCUT2D eigenvalue weighted by atomic mass is 15.4. The van der Waals surface area contributed by atoms with E-state index in [9.17, 15) is 0 Å². The second-order valence-corrected chi connectivity index (χ2v) is 6.93. The summed E-state index contributed by atoms with van der Waals surface area (Å²) in [6.07, 6.45) is 4.73. The lowest BCUT2D eigenvalue weighted by Crippen LogP contribution is -2.10. The Morgan fingerprint density at radius 1 is 0.897 bits per heavy atom. The van der Waals surface area contributed by atoms with Crippen molar-refractivity contribution in [3.8, 4) is 17.5 Å². The molecule has 7 heteroatoms. The van der Waals surface area contributed by atoms with E-state index in [0.717, 1.165) is 30.7 Å². The minimum absolute atomic E-state index is 0.147. The first-order chi connectivity index (χ1) is 14.1. The van der Waals surface area contributed by atoms with Crippen molar-refractivity contribution in [1.29, 1.82) is 0 Å². The third kappa shape index (κ3) is 4.13. The molecule has 29 heavy (non-hydrogen) atoms. The average Bonchev–Trinajstić information content (AvgIpc) is 3.03. The Labute approximate surface area is 169 Å². The summed E-state index contributed by atoms with van der Waals surface area (Å²) in [6, 6.07) is 16.1. The molecule has 4 rings (SSSR count). The molecule has 3 heterocycles. The first-order valence-electron chi connectivity index (χ1n) is 9.64. The van der Waals surface area contributed by atoms with Gasteiger partial charge in [-0.05, 0) is 56.4 Å². The van der Waals surface area contributed by atoms with E-state index < -0.39 is 0 Å². The number of hydrogen-bond acceptors (Lipinski definition) is 6. The lowest BCUT2D eigenvalue weighted by atomic mass is 10.0. The zero-order valence-electron chi connectivity index (χ0n) is 16.6. The van der Waals surface area contributed by atoms with Gasteiger partial charge in [0.2, 0.25) is 5.95 Å². The Hall–Kier alpha value is -3.61. The van der Waals surface area contributed by atoms with E-state index in [4.69, 9.17) is 5.73 Å².